The zero-order valence-corrected chi connectivity index (χ0v) is 19.0. The van der Waals surface area contributed by atoms with Crippen LogP contribution in [0.2, 0.25) is 0 Å². The average Bonchev–Trinajstić information content (AvgIpc) is 3.06. The van der Waals surface area contributed by atoms with E-state index in [4.69, 9.17) is 9.94 Å². The fraction of sp³-hybridized carbons (Fsp3) is 0.640. The smallest absolute Gasteiger partial charge is 0.310 e. The molecule has 2 saturated carbocycles. The number of hydrogen-bond acceptors (Lipinski definition) is 6. The molecule has 0 radical (unpaired) electrons. The molecule has 1 aromatic carbocycles. The quantitative estimate of drug-likeness (QED) is 0.425. The highest BCUT2D eigenvalue weighted by molar-refractivity contribution is 5.75. The molecule has 6 atom stereocenters. The second-order valence-electron chi connectivity index (χ2n) is 10.5. The minimum absolute atomic E-state index is 0.000418. The Morgan fingerprint density at radius 1 is 1.25 bits per heavy atom. The van der Waals surface area contributed by atoms with Crippen LogP contribution in [0, 0.1) is 28.4 Å². The van der Waals surface area contributed by atoms with Crippen LogP contribution in [0.3, 0.4) is 0 Å². The number of carbonyl (C=O) groups is 1. The van der Waals surface area contributed by atoms with Crippen LogP contribution in [-0.4, -0.2) is 54.9 Å². The highest BCUT2D eigenvalue weighted by Gasteiger charge is 2.55. The zero-order chi connectivity index (χ0) is 22.5. The molecule has 0 aromatic heterocycles. The molecule has 0 bridgehead atoms. The first-order chi connectivity index (χ1) is 15.3. The fourth-order valence-electron chi connectivity index (χ4n) is 6.75. The third-order valence-electron chi connectivity index (χ3n) is 8.63. The van der Waals surface area contributed by atoms with Gasteiger partial charge in [0.1, 0.15) is 6.10 Å². The molecular weight excluding hydrogens is 406 g/mol. The standard InChI is InChI=1S/C25H35N3O4/c1-17-4-3-9-25(2)15-23-20(14-22(17)25)21(24(29)32-23)16-26-10-12-27(13-11-26)18-5-7-19(8-6-18)28(30)31/h5-8,20-23,28,30H,1,3-4,9-16H2,2H3. The molecule has 2 aliphatic heterocycles. The first kappa shape index (κ1) is 21.9. The van der Waals surface area contributed by atoms with Crippen molar-refractivity contribution in [1.29, 1.82) is 0 Å². The Balaban J connectivity index is 1.20. The van der Waals surface area contributed by atoms with Gasteiger partial charge in [-0.1, -0.05) is 19.1 Å². The summed E-state index contributed by atoms with van der Waals surface area (Å²) in [6, 6.07) is 7.09. The number of carbonyl (C=O) groups excluding carboxylic acids is 1. The van der Waals surface area contributed by atoms with E-state index in [0.29, 0.717) is 17.5 Å². The van der Waals surface area contributed by atoms with E-state index in [1.54, 1.807) is 12.1 Å². The maximum Gasteiger partial charge on any atom is 0.310 e. The highest BCUT2D eigenvalue weighted by Crippen LogP contribution is 2.56. The number of benzene rings is 1. The van der Waals surface area contributed by atoms with Gasteiger partial charge in [0, 0.05) is 56.5 Å². The second kappa shape index (κ2) is 8.45. The summed E-state index contributed by atoms with van der Waals surface area (Å²) < 4.78 is 5.94. The predicted octanol–water partition coefficient (Wildman–Crippen LogP) is 2.53. The van der Waals surface area contributed by atoms with Gasteiger partial charge in [-0.2, -0.15) is 5.23 Å². The van der Waals surface area contributed by atoms with Gasteiger partial charge >= 0.3 is 5.97 Å². The van der Waals surface area contributed by atoms with Gasteiger partial charge in [0.2, 0.25) is 0 Å². The van der Waals surface area contributed by atoms with Gasteiger partial charge in [-0.25, -0.2) is 5.21 Å². The molecule has 7 heteroatoms. The lowest BCUT2D eigenvalue weighted by Gasteiger charge is -2.50. The van der Waals surface area contributed by atoms with E-state index in [-0.39, 0.29) is 23.4 Å². The molecule has 2 N–H and O–H groups in total. The van der Waals surface area contributed by atoms with Crippen LogP contribution >= 0.6 is 0 Å². The lowest BCUT2D eigenvalue weighted by atomic mass is 9.55. The molecule has 7 nitrogen and oxygen atoms in total. The van der Waals surface area contributed by atoms with E-state index in [1.165, 1.54) is 18.4 Å². The molecule has 2 aliphatic carbocycles. The number of rotatable bonds is 4. The summed E-state index contributed by atoms with van der Waals surface area (Å²) in [7, 11) is 0. The minimum Gasteiger partial charge on any atom is -0.595 e. The highest BCUT2D eigenvalue weighted by atomic mass is 16.8. The summed E-state index contributed by atoms with van der Waals surface area (Å²) >= 11 is 0. The Morgan fingerprint density at radius 2 is 1.97 bits per heavy atom. The van der Waals surface area contributed by atoms with Gasteiger partial charge < -0.3 is 14.8 Å². The van der Waals surface area contributed by atoms with Crippen LogP contribution in [0.15, 0.2) is 36.4 Å². The molecule has 5 rings (SSSR count). The number of ether oxygens (including phenoxy) is 1. The third kappa shape index (κ3) is 3.96. The Hall–Kier alpha value is -1.93. The lowest BCUT2D eigenvalue weighted by molar-refractivity contribution is -0.991. The van der Waals surface area contributed by atoms with E-state index in [1.807, 2.05) is 12.1 Å². The number of nitrogens with one attached hydrogen (secondary N) is 1. The van der Waals surface area contributed by atoms with Gasteiger partial charge in [0.05, 0.1) is 5.92 Å². The van der Waals surface area contributed by atoms with Crippen LogP contribution in [-0.2, 0) is 9.53 Å². The summed E-state index contributed by atoms with van der Waals surface area (Å²) in [4.78, 5) is 17.5. The Kier molecular flexibility index (Phi) is 5.78. The topological polar surface area (TPSA) is 80.5 Å². The molecule has 0 spiro atoms. The monoisotopic (exact) mass is 441 g/mol. The van der Waals surface area contributed by atoms with Crippen molar-refractivity contribution in [2.24, 2.45) is 23.2 Å². The van der Waals surface area contributed by atoms with Crippen LogP contribution in [0.4, 0.5) is 11.4 Å². The number of allylic oxidation sites excluding steroid dienone is 1. The Bertz CT molecular complexity index is 864. The average molecular weight is 442 g/mol. The van der Waals surface area contributed by atoms with E-state index < -0.39 is 5.23 Å². The van der Waals surface area contributed by atoms with E-state index in [2.05, 4.69) is 23.3 Å². The van der Waals surface area contributed by atoms with Crippen molar-refractivity contribution in [3.05, 3.63) is 41.6 Å². The first-order valence-corrected chi connectivity index (χ1v) is 12.0. The molecule has 2 saturated heterocycles. The SMILES string of the molecule is C=C1CCCC2(C)CC3OC(=O)C(CN4CCN(c5ccc([NH+]([O-])O)cc5)CC4)C3CC12. The molecule has 4 aliphatic rings. The van der Waals surface area contributed by atoms with Crippen molar-refractivity contribution in [1.82, 2.24) is 4.90 Å². The van der Waals surface area contributed by atoms with E-state index >= 15 is 0 Å². The molecule has 2 heterocycles. The van der Waals surface area contributed by atoms with Crippen molar-refractivity contribution < 1.29 is 20.0 Å². The third-order valence-corrected chi connectivity index (χ3v) is 8.63. The van der Waals surface area contributed by atoms with Gasteiger partial charge in [-0.3, -0.25) is 9.69 Å². The Morgan fingerprint density at radius 3 is 2.66 bits per heavy atom. The lowest BCUT2D eigenvalue weighted by Crippen LogP contribution is -2.99. The molecule has 0 amide bonds. The number of esters is 1. The van der Waals surface area contributed by atoms with Gasteiger partial charge in [0.15, 0.2) is 5.69 Å². The maximum atomic E-state index is 12.8. The largest absolute Gasteiger partial charge is 0.595 e. The molecule has 6 unspecified atom stereocenters. The number of nitrogens with zero attached hydrogens (tertiary/aromatic N) is 2. The van der Waals surface area contributed by atoms with Gasteiger partial charge in [0.25, 0.3) is 0 Å². The molecule has 32 heavy (non-hydrogen) atoms. The van der Waals surface area contributed by atoms with Gasteiger partial charge in [-0.05, 0) is 55.6 Å². The second-order valence-corrected chi connectivity index (χ2v) is 10.5. The van der Waals surface area contributed by atoms with Crippen LogP contribution < -0.4 is 10.1 Å². The number of hydrogen-bond donors (Lipinski definition) is 2. The van der Waals surface area contributed by atoms with E-state index in [9.17, 15) is 10.0 Å². The Labute approximate surface area is 190 Å². The van der Waals surface area contributed by atoms with Gasteiger partial charge in [-0.15, -0.1) is 0 Å². The van der Waals surface area contributed by atoms with Crippen LogP contribution in [0.1, 0.15) is 39.0 Å². The summed E-state index contributed by atoms with van der Waals surface area (Å²) in [5.41, 5.74) is 2.99. The normalized spacial score (nSPS) is 36.4. The molecular formula is C25H35N3O4. The van der Waals surface area contributed by atoms with Crippen molar-refractivity contribution in [2.75, 3.05) is 37.6 Å². The molecule has 4 fully saturated rings. The molecule has 174 valence electrons. The number of fused-ring (bicyclic) bond motifs is 2. The minimum atomic E-state index is -0.900. The maximum absolute atomic E-state index is 12.8. The van der Waals surface area contributed by atoms with Crippen molar-refractivity contribution >= 4 is 17.3 Å². The fourth-order valence-corrected chi connectivity index (χ4v) is 6.75. The van der Waals surface area contributed by atoms with E-state index in [0.717, 1.165) is 57.7 Å². The number of piperazine rings is 1. The van der Waals surface area contributed by atoms with Crippen LogP contribution in [0.5, 0.6) is 0 Å². The number of quaternary nitrogens is 1. The van der Waals surface area contributed by atoms with Crippen molar-refractivity contribution in [3.63, 3.8) is 0 Å². The van der Waals surface area contributed by atoms with Crippen molar-refractivity contribution in [2.45, 2.75) is 45.1 Å². The summed E-state index contributed by atoms with van der Waals surface area (Å²) in [6.07, 6.45) is 5.68. The van der Waals surface area contributed by atoms with Crippen LogP contribution in [0.25, 0.3) is 0 Å². The number of anilines is 1. The van der Waals surface area contributed by atoms with Crippen molar-refractivity contribution in [3.8, 4) is 0 Å². The summed E-state index contributed by atoms with van der Waals surface area (Å²) in [5.74, 6) is 0.817. The predicted molar refractivity (Wildman–Crippen MR) is 122 cm³/mol. The zero-order valence-electron chi connectivity index (χ0n) is 19.0. The molecule has 1 aromatic rings. The summed E-state index contributed by atoms with van der Waals surface area (Å²) in [5, 5.41) is 19.3. The summed E-state index contributed by atoms with van der Waals surface area (Å²) in [6.45, 7) is 11.1. The first-order valence-electron chi connectivity index (χ1n) is 12.0.